The van der Waals surface area contributed by atoms with E-state index in [-0.39, 0.29) is 5.91 Å². The van der Waals surface area contributed by atoms with Crippen LogP contribution in [0.4, 0.5) is 0 Å². The van der Waals surface area contributed by atoms with Crippen molar-refractivity contribution in [3.8, 4) is 5.88 Å². The molecule has 2 aromatic heterocycles. The first kappa shape index (κ1) is 18.3. The first-order chi connectivity index (χ1) is 12.7. The van der Waals surface area contributed by atoms with E-state index in [1.54, 1.807) is 12.1 Å². The van der Waals surface area contributed by atoms with Crippen molar-refractivity contribution in [3.05, 3.63) is 47.9 Å². The Morgan fingerprint density at radius 1 is 1.23 bits per heavy atom. The fourth-order valence-electron chi connectivity index (χ4n) is 3.30. The molecule has 0 spiro atoms. The van der Waals surface area contributed by atoms with Crippen molar-refractivity contribution in [1.82, 2.24) is 25.0 Å². The summed E-state index contributed by atoms with van der Waals surface area (Å²) in [6, 6.07) is 9.77. The zero-order valence-corrected chi connectivity index (χ0v) is 15.3. The molecule has 0 unspecified atom stereocenters. The number of hydrogen-bond acceptors (Lipinski definition) is 6. The predicted octanol–water partition coefficient (Wildman–Crippen LogP) is 2.01. The number of nitrogens with zero attached hydrogens (tertiary/aromatic N) is 5. The van der Waals surface area contributed by atoms with Crippen LogP contribution in [0.15, 0.2) is 36.5 Å². The first-order valence-electron chi connectivity index (χ1n) is 8.94. The van der Waals surface area contributed by atoms with E-state index in [1.807, 2.05) is 29.3 Å². The number of rotatable bonds is 5. The molecular formula is C19H25N5O2. The quantitative estimate of drug-likeness (QED) is 0.817. The van der Waals surface area contributed by atoms with Gasteiger partial charge < -0.3 is 9.64 Å². The molecule has 2 aromatic rings. The minimum absolute atomic E-state index is 0.0619. The predicted molar refractivity (Wildman–Crippen MR) is 97.8 cm³/mol. The lowest BCUT2D eigenvalue weighted by Crippen LogP contribution is -2.35. The molecule has 26 heavy (non-hydrogen) atoms. The van der Waals surface area contributed by atoms with Crippen LogP contribution < -0.4 is 4.74 Å². The highest BCUT2D eigenvalue weighted by atomic mass is 16.5. The number of amides is 1. The largest absolute Gasteiger partial charge is 0.480 e. The van der Waals surface area contributed by atoms with Crippen LogP contribution in [0, 0.1) is 0 Å². The van der Waals surface area contributed by atoms with Gasteiger partial charge in [0.2, 0.25) is 5.88 Å². The van der Waals surface area contributed by atoms with Crippen LogP contribution in [0.1, 0.15) is 35.4 Å². The number of ether oxygens (including phenoxy) is 1. The summed E-state index contributed by atoms with van der Waals surface area (Å²) in [5.74, 6) is 0.349. The molecule has 0 radical (unpaired) electrons. The Balaban J connectivity index is 1.57. The Labute approximate surface area is 154 Å². The molecule has 1 saturated heterocycles. The van der Waals surface area contributed by atoms with Crippen molar-refractivity contribution >= 4 is 5.91 Å². The van der Waals surface area contributed by atoms with Crippen molar-refractivity contribution in [2.45, 2.75) is 31.8 Å². The van der Waals surface area contributed by atoms with Gasteiger partial charge in [0, 0.05) is 37.9 Å². The highest BCUT2D eigenvalue weighted by Crippen LogP contribution is 2.19. The summed E-state index contributed by atoms with van der Waals surface area (Å²) in [4.78, 5) is 21.3. The van der Waals surface area contributed by atoms with Crippen LogP contribution in [0.5, 0.6) is 5.88 Å². The molecule has 0 aliphatic carbocycles. The second-order valence-electron chi connectivity index (χ2n) is 6.57. The fourth-order valence-corrected chi connectivity index (χ4v) is 3.30. The number of aromatic nitrogens is 3. The van der Waals surface area contributed by atoms with Gasteiger partial charge in [0.1, 0.15) is 0 Å². The molecule has 1 fully saturated rings. The maximum Gasteiger partial charge on any atom is 0.274 e. The average molecular weight is 355 g/mol. The van der Waals surface area contributed by atoms with Crippen molar-refractivity contribution in [2.75, 3.05) is 27.2 Å². The van der Waals surface area contributed by atoms with Crippen LogP contribution >= 0.6 is 0 Å². The normalized spacial score (nSPS) is 17.8. The molecule has 0 bridgehead atoms. The summed E-state index contributed by atoms with van der Waals surface area (Å²) in [5.41, 5.74) is 1.44. The Morgan fingerprint density at radius 2 is 2.12 bits per heavy atom. The third kappa shape index (κ3) is 4.54. The van der Waals surface area contributed by atoms with Gasteiger partial charge in [0.25, 0.3) is 5.91 Å². The van der Waals surface area contributed by atoms with E-state index in [9.17, 15) is 4.79 Å². The SMILES string of the molecule is COc1ccc(C(=O)N2CCC[C@@H](N(C)Cc3ccccn3)CC2)nn1. The number of methoxy groups -OCH3 is 1. The molecule has 7 nitrogen and oxygen atoms in total. The third-order valence-corrected chi connectivity index (χ3v) is 4.81. The van der Waals surface area contributed by atoms with Gasteiger partial charge in [-0.25, -0.2) is 0 Å². The smallest absolute Gasteiger partial charge is 0.274 e. The van der Waals surface area contributed by atoms with Crippen LogP contribution in [-0.4, -0.2) is 64.2 Å². The van der Waals surface area contributed by atoms with E-state index >= 15 is 0 Å². The van der Waals surface area contributed by atoms with Crippen molar-refractivity contribution < 1.29 is 9.53 Å². The Morgan fingerprint density at radius 3 is 2.81 bits per heavy atom. The molecule has 0 saturated carbocycles. The number of carbonyl (C=O) groups is 1. The minimum Gasteiger partial charge on any atom is -0.480 e. The minimum atomic E-state index is -0.0619. The summed E-state index contributed by atoms with van der Waals surface area (Å²) in [6.07, 6.45) is 4.82. The lowest BCUT2D eigenvalue weighted by Gasteiger charge is -2.27. The third-order valence-electron chi connectivity index (χ3n) is 4.81. The van der Waals surface area contributed by atoms with Gasteiger partial charge in [-0.3, -0.25) is 14.7 Å². The van der Waals surface area contributed by atoms with Gasteiger partial charge in [-0.15, -0.1) is 10.2 Å². The van der Waals surface area contributed by atoms with Crippen LogP contribution in [0.2, 0.25) is 0 Å². The molecule has 1 aliphatic heterocycles. The second-order valence-corrected chi connectivity index (χ2v) is 6.57. The zero-order valence-electron chi connectivity index (χ0n) is 15.3. The molecule has 0 aromatic carbocycles. The van der Waals surface area contributed by atoms with Gasteiger partial charge in [-0.2, -0.15) is 0 Å². The summed E-state index contributed by atoms with van der Waals surface area (Å²) < 4.78 is 4.99. The summed E-state index contributed by atoms with van der Waals surface area (Å²) >= 11 is 0. The molecule has 138 valence electrons. The maximum absolute atomic E-state index is 12.7. The zero-order chi connectivity index (χ0) is 18.4. The lowest BCUT2D eigenvalue weighted by atomic mass is 10.1. The van der Waals surface area contributed by atoms with Gasteiger partial charge in [0.05, 0.1) is 12.8 Å². The van der Waals surface area contributed by atoms with E-state index in [2.05, 4.69) is 27.1 Å². The number of hydrogen-bond donors (Lipinski definition) is 0. The molecule has 3 rings (SSSR count). The second kappa shape index (κ2) is 8.71. The summed E-state index contributed by atoms with van der Waals surface area (Å²) in [6.45, 7) is 2.30. The van der Waals surface area contributed by atoms with Gasteiger partial charge in [-0.1, -0.05) is 6.07 Å². The topological polar surface area (TPSA) is 71.5 Å². The number of likely N-dealkylation sites (tertiary alicyclic amines) is 1. The van der Waals surface area contributed by atoms with Crippen LogP contribution in [0.3, 0.4) is 0 Å². The Bertz CT molecular complexity index is 708. The highest BCUT2D eigenvalue weighted by Gasteiger charge is 2.24. The lowest BCUT2D eigenvalue weighted by molar-refractivity contribution is 0.0750. The average Bonchev–Trinajstić information content (AvgIpc) is 2.94. The van der Waals surface area contributed by atoms with Crippen molar-refractivity contribution in [2.24, 2.45) is 0 Å². The van der Waals surface area contributed by atoms with E-state index in [1.165, 1.54) is 7.11 Å². The van der Waals surface area contributed by atoms with E-state index < -0.39 is 0 Å². The monoisotopic (exact) mass is 355 g/mol. The molecule has 1 atom stereocenters. The molecule has 3 heterocycles. The standard InChI is InChI=1S/C19H25N5O2/c1-23(14-15-6-3-4-11-20-15)16-7-5-12-24(13-10-16)19(25)17-8-9-18(26-2)22-21-17/h3-4,6,8-9,11,16H,5,7,10,12-14H2,1-2H3/t16-/m1/s1. The number of carbonyl (C=O) groups excluding carboxylic acids is 1. The van der Waals surface area contributed by atoms with Gasteiger partial charge in [-0.05, 0) is 44.5 Å². The maximum atomic E-state index is 12.7. The highest BCUT2D eigenvalue weighted by molar-refractivity contribution is 5.92. The van der Waals surface area contributed by atoms with Crippen molar-refractivity contribution in [1.29, 1.82) is 0 Å². The first-order valence-corrected chi connectivity index (χ1v) is 8.94. The van der Waals surface area contributed by atoms with Crippen LogP contribution in [0.25, 0.3) is 0 Å². The Kier molecular flexibility index (Phi) is 6.12. The molecular weight excluding hydrogens is 330 g/mol. The molecule has 0 N–H and O–H groups in total. The number of pyridine rings is 1. The van der Waals surface area contributed by atoms with Gasteiger partial charge >= 0.3 is 0 Å². The summed E-state index contributed by atoms with van der Waals surface area (Å²) in [5, 5.41) is 7.87. The molecule has 1 amide bonds. The molecule has 1 aliphatic rings. The van der Waals surface area contributed by atoms with E-state index in [0.717, 1.165) is 44.6 Å². The molecule has 7 heteroatoms. The van der Waals surface area contributed by atoms with Crippen LogP contribution in [-0.2, 0) is 6.54 Å². The summed E-state index contributed by atoms with van der Waals surface area (Å²) in [7, 11) is 3.66. The van der Waals surface area contributed by atoms with Crippen molar-refractivity contribution in [3.63, 3.8) is 0 Å². The fraction of sp³-hybridized carbons (Fsp3) is 0.474. The van der Waals surface area contributed by atoms with Gasteiger partial charge in [0.15, 0.2) is 5.69 Å². The van der Waals surface area contributed by atoms with E-state index in [0.29, 0.717) is 17.6 Å². The van der Waals surface area contributed by atoms with E-state index in [4.69, 9.17) is 4.74 Å². The Hall–Kier alpha value is -2.54.